The van der Waals surface area contributed by atoms with Crippen molar-refractivity contribution < 1.29 is 14.3 Å². The molecule has 0 atom stereocenters. The van der Waals surface area contributed by atoms with Crippen LogP contribution in [0.4, 0.5) is 11.4 Å². The quantitative estimate of drug-likeness (QED) is 0.651. The second-order valence-corrected chi connectivity index (χ2v) is 5.78. The van der Waals surface area contributed by atoms with Crippen LogP contribution in [0.25, 0.3) is 0 Å². The topological polar surface area (TPSA) is 70.7 Å². The normalized spacial score (nSPS) is 18.1. The third kappa shape index (κ3) is 3.37. The monoisotopic (exact) mass is 315 g/mol. The Morgan fingerprint density at radius 1 is 1.39 bits per heavy atom. The lowest BCUT2D eigenvalue weighted by molar-refractivity contribution is -0.115. The highest BCUT2D eigenvalue weighted by molar-refractivity contribution is 6.03. The average Bonchev–Trinajstić information content (AvgIpc) is 2.59. The van der Waals surface area contributed by atoms with Crippen molar-refractivity contribution in [3.05, 3.63) is 36.4 Å². The number of carbonyl (C=O) groups excluding carboxylic acids is 2. The van der Waals surface area contributed by atoms with Crippen LogP contribution in [0.15, 0.2) is 30.9 Å². The number of amides is 1. The van der Waals surface area contributed by atoms with Crippen LogP contribution in [0.1, 0.15) is 23.2 Å². The first-order valence-corrected chi connectivity index (χ1v) is 7.88. The molecule has 1 fully saturated rings. The highest BCUT2D eigenvalue weighted by Crippen LogP contribution is 2.33. The summed E-state index contributed by atoms with van der Waals surface area (Å²) < 4.78 is 5.05. The molecule has 1 saturated heterocycles. The molecule has 2 N–H and O–H groups in total. The van der Waals surface area contributed by atoms with E-state index in [1.54, 1.807) is 12.1 Å². The van der Waals surface area contributed by atoms with Crippen LogP contribution >= 0.6 is 0 Å². The Morgan fingerprint density at radius 2 is 2.17 bits per heavy atom. The van der Waals surface area contributed by atoms with E-state index in [0.29, 0.717) is 23.8 Å². The van der Waals surface area contributed by atoms with Gasteiger partial charge in [0.15, 0.2) is 0 Å². The average molecular weight is 315 g/mol. The molecule has 0 spiro atoms. The molecule has 6 nitrogen and oxygen atoms in total. The SMILES string of the molecule is C=CCOC(=O)c1ccc2c(c1)NC(=O)CN2C1CCNCC1. The van der Waals surface area contributed by atoms with E-state index in [0.717, 1.165) is 31.6 Å². The van der Waals surface area contributed by atoms with Crippen molar-refractivity contribution in [1.82, 2.24) is 5.32 Å². The van der Waals surface area contributed by atoms with Gasteiger partial charge in [0.25, 0.3) is 0 Å². The third-order valence-corrected chi connectivity index (χ3v) is 4.21. The molecule has 6 heteroatoms. The van der Waals surface area contributed by atoms with E-state index in [4.69, 9.17) is 4.74 Å². The van der Waals surface area contributed by atoms with Crippen LogP contribution in [-0.2, 0) is 9.53 Å². The number of rotatable bonds is 4. The fourth-order valence-corrected chi connectivity index (χ4v) is 3.11. The molecule has 23 heavy (non-hydrogen) atoms. The Morgan fingerprint density at radius 3 is 2.91 bits per heavy atom. The van der Waals surface area contributed by atoms with Gasteiger partial charge in [-0.3, -0.25) is 4.79 Å². The predicted molar refractivity (Wildman–Crippen MR) is 88.8 cm³/mol. The van der Waals surface area contributed by atoms with Crippen LogP contribution in [0.5, 0.6) is 0 Å². The maximum absolute atomic E-state index is 12.0. The number of anilines is 2. The number of nitrogens with zero attached hydrogens (tertiary/aromatic N) is 1. The molecule has 0 saturated carbocycles. The van der Waals surface area contributed by atoms with E-state index in [2.05, 4.69) is 22.1 Å². The lowest BCUT2D eigenvalue weighted by atomic mass is 10.0. The van der Waals surface area contributed by atoms with Gasteiger partial charge in [-0.25, -0.2) is 4.79 Å². The van der Waals surface area contributed by atoms with Crippen molar-refractivity contribution in [1.29, 1.82) is 0 Å². The molecule has 1 aromatic rings. The predicted octanol–water partition coefficient (Wildman–Crippen LogP) is 1.54. The van der Waals surface area contributed by atoms with Gasteiger partial charge >= 0.3 is 5.97 Å². The summed E-state index contributed by atoms with van der Waals surface area (Å²) in [6.07, 6.45) is 3.54. The van der Waals surface area contributed by atoms with Gasteiger partial charge in [0.2, 0.25) is 5.91 Å². The van der Waals surface area contributed by atoms with Crippen molar-refractivity contribution in [2.75, 3.05) is 36.5 Å². The standard InChI is InChI=1S/C17H21N3O3/c1-2-9-23-17(22)12-3-4-15-14(10-12)19-16(21)11-20(15)13-5-7-18-8-6-13/h2-4,10,13,18H,1,5-9,11H2,(H,19,21). The van der Waals surface area contributed by atoms with Gasteiger partial charge in [-0.15, -0.1) is 0 Å². The molecule has 0 bridgehead atoms. The highest BCUT2D eigenvalue weighted by Gasteiger charge is 2.29. The molecule has 2 aliphatic heterocycles. The summed E-state index contributed by atoms with van der Waals surface area (Å²) in [6.45, 7) is 5.98. The summed E-state index contributed by atoms with van der Waals surface area (Å²) in [4.78, 5) is 26.1. The minimum Gasteiger partial charge on any atom is -0.458 e. The molecular formula is C17H21N3O3. The van der Waals surface area contributed by atoms with Crippen LogP contribution in [-0.4, -0.2) is 44.2 Å². The Kier molecular flexibility index (Phi) is 4.62. The molecule has 0 aliphatic carbocycles. The molecule has 1 aromatic carbocycles. The second kappa shape index (κ2) is 6.83. The number of carbonyl (C=O) groups is 2. The van der Waals surface area contributed by atoms with E-state index in [1.165, 1.54) is 6.08 Å². The maximum atomic E-state index is 12.0. The van der Waals surface area contributed by atoms with E-state index in [-0.39, 0.29) is 12.5 Å². The van der Waals surface area contributed by atoms with E-state index in [9.17, 15) is 9.59 Å². The van der Waals surface area contributed by atoms with E-state index < -0.39 is 5.97 Å². The van der Waals surface area contributed by atoms with Crippen molar-refractivity contribution in [3.8, 4) is 0 Å². The van der Waals surface area contributed by atoms with E-state index in [1.807, 2.05) is 6.07 Å². The summed E-state index contributed by atoms with van der Waals surface area (Å²) >= 11 is 0. The van der Waals surface area contributed by atoms with Crippen molar-refractivity contribution >= 4 is 23.3 Å². The van der Waals surface area contributed by atoms with Crippen molar-refractivity contribution in [2.24, 2.45) is 0 Å². The molecular weight excluding hydrogens is 294 g/mol. The zero-order valence-corrected chi connectivity index (χ0v) is 13.0. The van der Waals surface area contributed by atoms with Crippen LogP contribution < -0.4 is 15.5 Å². The first-order valence-electron chi connectivity index (χ1n) is 7.88. The van der Waals surface area contributed by atoms with Gasteiger partial charge in [-0.2, -0.15) is 0 Å². The molecule has 0 aromatic heterocycles. The van der Waals surface area contributed by atoms with Gasteiger partial charge in [-0.05, 0) is 44.1 Å². The molecule has 0 unspecified atom stereocenters. The lowest BCUT2D eigenvalue weighted by Crippen LogP contribution is -2.48. The number of benzene rings is 1. The van der Waals surface area contributed by atoms with E-state index >= 15 is 0 Å². The number of fused-ring (bicyclic) bond motifs is 1. The zero-order chi connectivity index (χ0) is 16.2. The minimum absolute atomic E-state index is 0.0485. The van der Waals surface area contributed by atoms with Crippen LogP contribution in [0, 0.1) is 0 Å². The second-order valence-electron chi connectivity index (χ2n) is 5.78. The molecule has 3 rings (SSSR count). The van der Waals surface area contributed by atoms with Crippen molar-refractivity contribution in [3.63, 3.8) is 0 Å². The summed E-state index contributed by atoms with van der Waals surface area (Å²) in [7, 11) is 0. The van der Waals surface area contributed by atoms with Gasteiger partial charge in [0.05, 0.1) is 23.5 Å². The number of nitrogens with one attached hydrogen (secondary N) is 2. The smallest absolute Gasteiger partial charge is 0.338 e. The highest BCUT2D eigenvalue weighted by atomic mass is 16.5. The molecule has 122 valence electrons. The van der Waals surface area contributed by atoms with Crippen LogP contribution in [0.3, 0.4) is 0 Å². The fourth-order valence-electron chi connectivity index (χ4n) is 3.11. The first kappa shape index (κ1) is 15.6. The fraction of sp³-hybridized carbons (Fsp3) is 0.412. The minimum atomic E-state index is -0.416. The number of hydrogen-bond acceptors (Lipinski definition) is 5. The third-order valence-electron chi connectivity index (χ3n) is 4.21. The maximum Gasteiger partial charge on any atom is 0.338 e. The largest absolute Gasteiger partial charge is 0.458 e. The van der Waals surface area contributed by atoms with Crippen LogP contribution in [0.2, 0.25) is 0 Å². The van der Waals surface area contributed by atoms with Gasteiger partial charge in [-0.1, -0.05) is 12.7 Å². The Labute approximate surface area is 135 Å². The Balaban J connectivity index is 1.85. The molecule has 2 heterocycles. The number of hydrogen-bond donors (Lipinski definition) is 2. The summed E-state index contributed by atoms with van der Waals surface area (Å²) in [5.41, 5.74) is 2.07. The zero-order valence-electron chi connectivity index (χ0n) is 13.0. The summed E-state index contributed by atoms with van der Waals surface area (Å²) in [6, 6.07) is 5.67. The summed E-state index contributed by atoms with van der Waals surface area (Å²) in [5.74, 6) is -0.464. The Hall–Kier alpha value is -2.34. The lowest BCUT2D eigenvalue weighted by Gasteiger charge is -2.39. The summed E-state index contributed by atoms with van der Waals surface area (Å²) in [5, 5.41) is 6.19. The van der Waals surface area contributed by atoms with Crippen molar-refractivity contribution in [2.45, 2.75) is 18.9 Å². The number of esters is 1. The van der Waals surface area contributed by atoms with Gasteiger partial charge in [0, 0.05) is 6.04 Å². The van der Waals surface area contributed by atoms with Gasteiger partial charge < -0.3 is 20.3 Å². The molecule has 2 aliphatic rings. The Bertz CT molecular complexity index is 624. The first-order chi connectivity index (χ1) is 11.2. The number of ether oxygens (including phenoxy) is 1. The molecule has 1 amide bonds. The molecule has 0 radical (unpaired) electrons. The van der Waals surface area contributed by atoms with Gasteiger partial charge in [0.1, 0.15) is 6.61 Å². The number of piperidine rings is 1.